The van der Waals surface area contributed by atoms with E-state index < -0.39 is 0 Å². The molecule has 0 spiro atoms. The van der Waals surface area contributed by atoms with E-state index in [1.165, 1.54) is 17.7 Å². The first kappa shape index (κ1) is 18.4. The summed E-state index contributed by atoms with van der Waals surface area (Å²) in [6.07, 6.45) is 2.77. The molecule has 0 unspecified atom stereocenters. The second-order valence-corrected chi connectivity index (χ2v) is 6.82. The van der Waals surface area contributed by atoms with Crippen molar-refractivity contribution >= 4 is 5.95 Å². The molecule has 2 heterocycles. The van der Waals surface area contributed by atoms with Crippen molar-refractivity contribution in [2.45, 2.75) is 6.42 Å². The quantitative estimate of drug-likeness (QED) is 0.653. The Bertz CT molecular complexity index is 881. The number of halogens is 1. The normalized spacial score (nSPS) is 14.8. The predicted octanol–water partition coefficient (Wildman–Crippen LogP) is 3.77. The highest BCUT2D eigenvalue weighted by Crippen LogP contribution is 2.21. The van der Waals surface area contributed by atoms with Crippen LogP contribution in [-0.4, -0.2) is 47.6 Å². The minimum atomic E-state index is -0.291. The van der Waals surface area contributed by atoms with E-state index in [4.69, 9.17) is 4.74 Å². The van der Waals surface area contributed by atoms with Gasteiger partial charge in [-0.05, 0) is 36.2 Å². The smallest absolute Gasteiger partial charge is 0.228 e. The molecular weight excluding hydrogens is 355 g/mol. The van der Waals surface area contributed by atoms with Crippen LogP contribution in [0.4, 0.5) is 10.3 Å². The summed E-state index contributed by atoms with van der Waals surface area (Å²) in [6.45, 7) is 4.80. The van der Waals surface area contributed by atoms with Gasteiger partial charge < -0.3 is 9.64 Å². The molecule has 0 amide bonds. The maximum Gasteiger partial charge on any atom is 0.228 e. The SMILES string of the molecule is Fc1ccc(Oc2ccnc(N3CCN(CCc4ccccc4)CC3)n2)cc1. The van der Waals surface area contributed by atoms with Gasteiger partial charge in [0.15, 0.2) is 0 Å². The Morgan fingerprint density at radius 3 is 2.39 bits per heavy atom. The largest absolute Gasteiger partial charge is 0.439 e. The van der Waals surface area contributed by atoms with Gasteiger partial charge in [-0.25, -0.2) is 9.37 Å². The van der Waals surface area contributed by atoms with Crippen LogP contribution in [0.15, 0.2) is 66.9 Å². The molecule has 6 heteroatoms. The lowest BCUT2D eigenvalue weighted by molar-refractivity contribution is 0.259. The number of aromatic nitrogens is 2. The molecule has 1 aliphatic heterocycles. The fourth-order valence-corrected chi connectivity index (χ4v) is 3.27. The Morgan fingerprint density at radius 1 is 0.893 bits per heavy atom. The molecule has 0 radical (unpaired) electrons. The lowest BCUT2D eigenvalue weighted by Gasteiger charge is -2.34. The Morgan fingerprint density at radius 2 is 1.64 bits per heavy atom. The van der Waals surface area contributed by atoms with Gasteiger partial charge >= 0.3 is 0 Å². The third kappa shape index (κ3) is 4.84. The Hall–Kier alpha value is -2.99. The van der Waals surface area contributed by atoms with E-state index in [9.17, 15) is 4.39 Å². The van der Waals surface area contributed by atoms with Crippen molar-refractivity contribution in [3.8, 4) is 11.6 Å². The fourth-order valence-electron chi connectivity index (χ4n) is 3.27. The average molecular weight is 378 g/mol. The number of nitrogens with zero attached hydrogens (tertiary/aromatic N) is 4. The topological polar surface area (TPSA) is 41.5 Å². The second-order valence-electron chi connectivity index (χ2n) is 6.82. The molecule has 1 aliphatic rings. The van der Waals surface area contributed by atoms with Crippen molar-refractivity contribution in [3.05, 3.63) is 78.2 Å². The van der Waals surface area contributed by atoms with Crippen molar-refractivity contribution in [2.75, 3.05) is 37.6 Å². The van der Waals surface area contributed by atoms with Crippen LogP contribution in [0.2, 0.25) is 0 Å². The summed E-state index contributed by atoms with van der Waals surface area (Å²) < 4.78 is 18.7. The molecule has 144 valence electrons. The molecule has 4 rings (SSSR count). The summed E-state index contributed by atoms with van der Waals surface area (Å²) in [6, 6.07) is 18.2. The number of anilines is 1. The molecule has 2 aromatic carbocycles. The van der Waals surface area contributed by atoms with Crippen molar-refractivity contribution < 1.29 is 9.13 Å². The minimum absolute atomic E-state index is 0.291. The first-order chi connectivity index (χ1) is 13.8. The summed E-state index contributed by atoms with van der Waals surface area (Å²) in [5, 5.41) is 0. The van der Waals surface area contributed by atoms with Gasteiger partial charge in [0.2, 0.25) is 11.8 Å². The summed E-state index contributed by atoms with van der Waals surface area (Å²) in [7, 11) is 0. The third-order valence-corrected chi connectivity index (χ3v) is 4.87. The number of piperazine rings is 1. The second kappa shape index (κ2) is 8.80. The lowest BCUT2D eigenvalue weighted by Crippen LogP contribution is -2.47. The molecule has 0 atom stereocenters. The highest BCUT2D eigenvalue weighted by Gasteiger charge is 2.19. The minimum Gasteiger partial charge on any atom is -0.439 e. The Kier molecular flexibility index (Phi) is 5.77. The number of benzene rings is 2. The Balaban J connectivity index is 1.31. The fraction of sp³-hybridized carbons (Fsp3) is 0.273. The van der Waals surface area contributed by atoms with Crippen LogP contribution in [0.1, 0.15) is 5.56 Å². The monoisotopic (exact) mass is 378 g/mol. The molecular formula is C22H23FN4O. The Labute approximate surface area is 164 Å². The number of hydrogen-bond donors (Lipinski definition) is 0. The molecule has 1 saturated heterocycles. The predicted molar refractivity (Wildman–Crippen MR) is 107 cm³/mol. The molecule has 0 N–H and O–H groups in total. The first-order valence-corrected chi connectivity index (χ1v) is 9.54. The van der Waals surface area contributed by atoms with Gasteiger partial charge in [-0.3, -0.25) is 4.90 Å². The van der Waals surface area contributed by atoms with Crippen LogP contribution >= 0.6 is 0 Å². The number of rotatable bonds is 6. The first-order valence-electron chi connectivity index (χ1n) is 9.54. The molecule has 1 aromatic heterocycles. The van der Waals surface area contributed by atoms with Crippen LogP contribution in [0.25, 0.3) is 0 Å². The van der Waals surface area contributed by atoms with Gasteiger partial charge in [-0.2, -0.15) is 4.98 Å². The highest BCUT2D eigenvalue weighted by molar-refractivity contribution is 5.35. The van der Waals surface area contributed by atoms with E-state index >= 15 is 0 Å². The van der Waals surface area contributed by atoms with E-state index in [0.717, 1.165) is 39.1 Å². The van der Waals surface area contributed by atoms with Crippen LogP contribution in [-0.2, 0) is 6.42 Å². The van der Waals surface area contributed by atoms with Crippen LogP contribution < -0.4 is 9.64 Å². The van der Waals surface area contributed by atoms with E-state index in [0.29, 0.717) is 17.6 Å². The zero-order valence-corrected chi connectivity index (χ0v) is 15.7. The van der Waals surface area contributed by atoms with E-state index in [-0.39, 0.29) is 5.82 Å². The maximum absolute atomic E-state index is 13.0. The molecule has 0 bridgehead atoms. The van der Waals surface area contributed by atoms with Crippen LogP contribution in [0, 0.1) is 5.82 Å². The van der Waals surface area contributed by atoms with Crippen molar-refractivity contribution in [3.63, 3.8) is 0 Å². The van der Waals surface area contributed by atoms with Crippen LogP contribution in [0.3, 0.4) is 0 Å². The van der Waals surface area contributed by atoms with Crippen molar-refractivity contribution in [2.24, 2.45) is 0 Å². The van der Waals surface area contributed by atoms with E-state index in [2.05, 4.69) is 50.1 Å². The van der Waals surface area contributed by atoms with Gasteiger partial charge in [-0.15, -0.1) is 0 Å². The summed E-state index contributed by atoms with van der Waals surface area (Å²) >= 11 is 0. The summed E-state index contributed by atoms with van der Waals surface area (Å²) in [4.78, 5) is 13.6. The average Bonchev–Trinajstić information content (AvgIpc) is 2.75. The molecule has 3 aromatic rings. The zero-order chi connectivity index (χ0) is 19.2. The van der Waals surface area contributed by atoms with Gasteiger partial charge in [0.25, 0.3) is 0 Å². The van der Waals surface area contributed by atoms with Gasteiger partial charge in [0, 0.05) is 45.0 Å². The third-order valence-electron chi connectivity index (χ3n) is 4.87. The molecule has 0 saturated carbocycles. The van der Waals surface area contributed by atoms with Gasteiger partial charge in [-0.1, -0.05) is 30.3 Å². The molecule has 0 aliphatic carbocycles. The molecule has 5 nitrogen and oxygen atoms in total. The summed E-state index contributed by atoms with van der Waals surface area (Å²) in [5.41, 5.74) is 1.37. The highest BCUT2D eigenvalue weighted by atomic mass is 19.1. The number of ether oxygens (including phenoxy) is 1. The zero-order valence-electron chi connectivity index (χ0n) is 15.7. The molecule has 1 fully saturated rings. The van der Waals surface area contributed by atoms with E-state index in [1.807, 2.05) is 0 Å². The number of hydrogen-bond acceptors (Lipinski definition) is 5. The summed E-state index contributed by atoms with van der Waals surface area (Å²) in [5.74, 6) is 1.39. The van der Waals surface area contributed by atoms with Crippen LogP contribution in [0.5, 0.6) is 11.6 Å². The van der Waals surface area contributed by atoms with Crippen molar-refractivity contribution in [1.82, 2.24) is 14.9 Å². The van der Waals surface area contributed by atoms with Crippen molar-refractivity contribution in [1.29, 1.82) is 0 Å². The molecule has 28 heavy (non-hydrogen) atoms. The lowest BCUT2D eigenvalue weighted by atomic mass is 10.1. The maximum atomic E-state index is 13.0. The van der Waals surface area contributed by atoms with E-state index in [1.54, 1.807) is 24.4 Å². The van der Waals surface area contributed by atoms with Gasteiger partial charge in [0.05, 0.1) is 0 Å². The van der Waals surface area contributed by atoms with Gasteiger partial charge in [0.1, 0.15) is 11.6 Å². The standard InChI is InChI=1S/C22H23FN4O/c23-19-6-8-20(9-7-19)28-21-10-12-24-22(25-21)27-16-14-26(15-17-27)13-11-18-4-2-1-3-5-18/h1-10,12H,11,13-17H2.